The van der Waals surface area contributed by atoms with E-state index in [0.717, 1.165) is 31.6 Å². The van der Waals surface area contributed by atoms with E-state index in [9.17, 15) is 9.59 Å². The number of hydrogen-bond acceptors (Lipinski definition) is 4. The molecule has 1 aliphatic rings. The number of carbonyl (C=O) groups excluding carboxylic acids is 1. The number of carbonyl (C=O) groups is 1. The van der Waals surface area contributed by atoms with Crippen molar-refractivity contribution in [2.24, 2.45) is 11.8 Å². The highest BCUT2D eigenvalue weighted by molar-refractivity contribution is 8.00. The van der Waals surface area contributed by atoms with Crippen molar-refractivity contribution in [3.05, 3.63) is 22.1 Å². The first-order valence-electron chi connectivity index (χ1n) is 8.44. The van der Waals surface area contributed by atoms with Crippen LogP contribution < -0.4 is 5.56 Å². The number of aromatic nitrogens is 2. The van der Waals surface area contributed by atoms with Gasteiger partial charge < -0.3 is 9.88 Å². The molecular formula is C17H27N3O2S. The van der Waals surface area contributed by atoms with Crippen LogP contribution >= 0.6 is 11.8 Å². The largest absolute Gasteiger partial charge is 0.341 e. The number of nitrogens with one attached hydrogen (secondary N) is 1. The van der Waals surface area contributed by atoms with E-state index < -0.39 is 0 Å². The molecule has 6 heteroatoms. The summed E-state index contributed by atoms with van der Waals surface area (Å²) in [6, 6.07) is 1.54. The summed E-state index contributed by atoms with van der Waals surface area (Å²) in [5, 5.41) is 0.299. The quantitative estimate of drug-likeness (QED) is 0.663. The lowest BCUT2D eigenvalue weighted by atomic mass is 9.92. The topological polar surface area (TPSA) is 66.1 Å². The Morgan fingerprint density at radius 2 is 2.09 bits per heavy atom. The monoisotopic (exact) mass is 337 g/mol. The molecule has 0 aliphatic carbocycles. The summed E-state index contributed by atoms with van der Waals surface area (Å²) in [7, 11) is 0. The zero-order chi connectivity index (χ0) is 17.0. The average Bonchev–Trinajstić information content (AvgIpc) is 2.45. The molecular weight excluding hydrogens is 310 g/mol. The van der Waals surface area contributed by atoms with E-state index in [-0.39, 0.29) is 16.7 Å². The van der Waals surface area contributed by atoms with Crippen molar-refractivity contribution in [2.75, 3.05) is 13.1 Å². The second-order valence-corrected chi connectivity index (χ2v) is 8.07. The van der Waals surface area contributed by atoms with Crippen molar-refractivity contribution in [3.63, 3.8) is 0 Å². The highest BCUT2D eigenvalue weighted by Crippen LogP contribution is 2.25. The van der Waals surface area contributed by atoms with Crippen molar-refractivity contribution < 1.29 is 4.79 Å². The maximum atomic E-state index is 12.7. The van der Waals surface area contributed by atoms with Crippen LogP contribution in [-0.2, 0) is 11.2 Å². The van der Waals surface area contributed by atoms with Gasteiger partial charge in [-0.15, -0.1) is 0 Å². The standard InChI is InChI=1S/C17H27N3O2S/c1-5-6-14-8-15(21)19-17(18-14)23-13(4)16(22)20-9-11(2)7-12(3)10-20/h8,11-13H,5-7,9-10H2,1-4H3,(H,18,19,21)/t11-,12+,13-/m0/s1. The van der Waals surface area contributed by atoms with Gasteiger partial charge in [-0.1, -0.05) is 39.0 Å². The molecule has 1 aromatic rings. The van der Waals surface area contributed by atoms with E-state index in [4.69, 9.17) is 0 Å². The minimum absolute atomic E-state index is 0.136. The predicted molar refractivity (Wildman–Crippen MR) is 93.7 cm³/mol. The number of aromatic amines is 1. The van der Waals surface area contributed by atoms with Crippen LogP contribution in [0.3, 0.4) is 0 Å². The van der Waals surface area contributed by atoms with Crippen molar-refractivity contribution in [2.45, 2.75) is 57.4 Å². The van der Waals surface area contributed by atoms with Crippen molar-refractivity contribution in [1.82, 2.24) is 14.9 Å². The highest BCUT2D eigenvalue weighted by Gasteiger charge is 2.29. The van der Waals surface area contributed by atoms with E-state index in [2.05, 4.69) is 30.7 Å². The van der Waals surface area contributed by atoms with Gasteiger partial charge in [0.25, 0.3) is 5.56 Å². The summed E-state index contributed by atoms with van der Waals surface area (Å²) in [5.41, 5.74) is 0.643. The minimum atomic E-state index is -0.243. The Morgan fingerprint density at radius 1 is 1.43 bits per heavy atom. The Morgan fingerprint density at radius 3 is 2.70 bits per heavy atom. The molecule has 0 bridgehead atoms. The van der Waals surface area contributed by atoms with Gasteiger partial charge in [0.1, 0.15) is 0 Å². The van der Waals surface area contributed by atoms with Crippen LogP contribution in [0.4, 0.5) is 0 Å². The smallest absolute Gasteiger partial charge is 0.251 e. The zero-order valence-electron chi connectivity index (χ0n) is 14.5. The molecule has 0 radical (unpaired) electrons. The van der Waals surface area contributed by atoms with Gasteiger partial charge in [-0.3, -0.25) is 9.59 Å². The molecule has 128 valence electrons. The molecule has 1 aliphatic heterocycles. The van der Waals surface area contributed by atoms with Gasteiger partial charge in [0.05, 0.1) is 5.25 Å². The maximum absolute atomic E-state index is 12.7. The maximum Gasteiger partial charge on any atom is 0.251 e. The van der Waals surface area contributed by atoms with Crippen LogP contribution in [0.15, 0.2) is 16.0 Å². The lowest BCUT2D eigenvalue weighted by molar-refractivity contribution is -0.132. The molecule has 23 heavy (non-hydrogen) atoms. The Bertz CT molecular complexity index is 592. The molecule has 1 amide bonds. The summed E-state index contributed by atoms with van der Waals surface area (Å²) in [4.78, 5) is 33.6. The predicted octanol–water partition coefficient (Wildman–Crippen LogP) is 2.71. The minimum Gasteiger partial charge on any atom is -0.341 e. The first kappa shape index (κ1) is 18.0. The van der Waals surface area contributed by atoms with E-state index in [1.807, 2.05) is 11.8 Å². The van der Waals surface area contributed by atoms with Crippen LogP contribution in [0, 0.1) is 11.8 Å². The second kappa shape index (κ2) is 7.99. The number of amides is 1. The van der Waals surface area contributed by atoms with E-state index >= 15 is 0 Å². The number of nitrogens with zero attached hydrogens (tertiary/aromatic N) is 2. The normalized spacial score (nSPS) is 22.9. The molecule has 1 saturated heterocycles. The molecule has 1 N–H and O–H groups in total. The number of likely N-dealkylation sites (tertiary alicyclic amines) is 1. The third-order valence-electron chi connectivity index (χ3n) is 4.10. The van der Waals surface area contributed by atoms with Gasteiger partial charge >= 0.3 is 0 Å². The molecule has 1 aromatic heterocycles. The Kier molecular flexibility index (Phi) is 6.27. The molecule has 2 heterocycles. The van der Waals surface area contributed by atoms with Gasteiger partial charge in [-0.25, -0.2) is 4.98 Å². The SMILES string of the molecule is CCCc1cc(=O)[nH]c(S[C@@H](C)C(=O)N2C[C@H](C)C[C@H](C)C2)n1. The molecule has 1 fully saturated rings. The number of piperidine rings is 1. The number of hydrogen-bond donors (Lipinski definition) is 1. The summed E-state index contributed by atoms with van der Waals surface area (Å²) in [6.45, 7) is 9.99. The molecule has 0 aromatic carbocycles. The van der Waals surface area contributed by atoms with E-state index in [1.165, 1.54) is 24.2 Å². The van der Waals surface area contributed by atoms with E-state index in [1.54, 1.807) is 0 Å². The van der Waals surface area contributed by atoms with Gasteiger partial charge in [-0.2, -0.15) is 0 Å². The molecule has 5 nitrogen and oxygen atoms in total. The number of thioether (sulfide) groups is 1. The Labute approximate surface area is 142 Å². The van der Waals surface area contributed by atoms with Crippen molar-refractivity contribution >= 4 is 17.7 Å². The van der Waals surface area contributed by atoms with Crippen LogP contribution in [0.25, 0.3) is 0 Å². The number of H-pyrrole nitrogens is 1. The third-order valence-corrected chi connectivity index (χ3v) is 5.07. The van der Waals surface area contributed by atoms with Gasteiger partial charge in [0.2, 0.25) is 5.91 Å². The molecule has 2 rings (SSSR count). The van der Waals surface area contributed by atoms with Crippen LogP contribution in [0.1, 0.15) is 46.2 Å². The first-order valence-corrected chi connectivity index (χ1v) is 9.32. The number of rotatable bonds is 5. The summed E-state index contributed by atoms with van der Waals surface area (Å²) in [5.74, 6) is 1.23. The first-order chi connectivity index (χ1) is 10.9. The van der Waals surface area contributed by atoms with Gasteiger partial charge in [0, 0.05) is 24.8 Å². The lowest BCUT2D eigenvalue weighted by Crippen LogP contribution is -2.45. The second-order valence-electron chi connectivity index (χ2n) is 6.74. The van der Waals surface area contributed by atoms with Crippen LogP contribution in [-0.4, -0.2) is 39.1 Å². The fourth-order valence-corrected chi connectivity index (χ4v) is 4.16. The number of aryl methyl sites for hydroxylation is 1. The Hall–Kier alpha value is -1.30. The average molecular weight is 337 g/mol. The van der Waals surface area contributed by atoms with Crippen LogP contribution in [0.2, 0.25) is 0 Å². The molecule has 0 saturated carbocycles. The van der Waals surface area contributed by atoms with E-state index in [0.29, 0.717) is 17.0 Å². The zero-order valence-corrected chi connectivity index (χ0v) is 15.3. The molecule has 0 spiro atoms. The van der Waals surface area contributed by atoms with Crippen molar-refractivity contribution in [3.8, 4) is 0 Å². The fraction of sp³-hybridized carbons (Fsp3) is 0.706. The fourth-order valence-electron chi connectivity index (χ4n) is 3.24. The van der Waals surface area contributed by atoms with Gasteiger partial charge in [-0.05, 0) is 31.6 Å². The third kappa shape index (κ3) is 5.09. The van der Waals surface area contributed by atoms with Gasteiger partial charge in [0.15, 0.2) is 5.16 Å². The van der Waals surface area contributed by atoms with Crippen LogP contribution in [0.5, 0.6) is 0 Å². The van der Waals surface area contributed by atoms with Crippen molar-refractivity contribution in [1.29, 1.82) is 0 Å². The summed E-state index contributed by atoms with van der Waals surface area (Å²) < 4.78 is 0. The molecule has 0 unspecified atom stereocenters. The summed E-state index contributed by atoms with van der Waals surface area (Å²) >= 11 is 1.34. The summed E-state index contributed by atoms with van der Waals surface area (Å²) in [6.07, 6.45) is 2.90. The lowest BCUT2D eigenvalue weighted by Gasteiger charge is -2.36. The Balaban J connectivity index is 2.04. The molecule has 3 atom stereocenters. The highest BCUT2D eigenvalue weighted by atomic mass is 32.2.